The number of hydrogen-bond acceptors (Lipinski definition) is 7. The highest BCUT2D eigenvalue weighted by Crippen LogP contribution is 2.63. The van der Waals surface area contributed by atoms with Crippen LogP contribution in [0.15, 0.2) is 0 Å². The molecule has 2 unspecified atom stereocenters. The van der Waals surface area contributed by atoms with Gasteiger partial charge in [0, 0.05) is 32.7 Å². The third kappa shape index (κ3) is 4.12. The van der Waals surface area contributed by atoms with Crippen LogP contribution in [0.1, 0.15) is 46.5 Å². The second kappa shape index (κ2) is 10.1. The molecular formula is C24H40N4O6. The van der Waals surface area contributed by atoms with Gasteiger partial charge in [-0.05, 0) is 32.6 Å². The van der Waals surface area contributed by atoms with Gasteiger partial charge in [0.2, 0.25) is 17.7 Å². The summed E-state index contributed by atoms with van der Waals surface area (Å²) in [7, 11) is 0. The second-order valence-electron chi connectivity index (χ2n) is 10.3. The van der Waals surface area contributed by atoms with Crippen molar-refractivity contribution in [1.82, 2.24) is 20.4 Å². The minimum atomic E-state index is -1.05. The SMILES string of the molecule is CCCNC(=O)[C@H]1[C@H]2C(=O)N([C@@H](CC)CO)C(C(=O)NCCN3CCOCC3)C23CC[C@]1(C)O3. The monoisotopic (exact) mass is 480 g/mol. The summed E-state index contributed by atoms with van der Waals surface area (Å²) < 4.78 is 11.9. The number of carbonyl (C=O) groups is 3. The van der Waals surface area contributed by atoms with E-state index >= 15 is 0 Å². The normalized spacial score (nSPS) is 35.9. The standard InChI is InChI=1S/C24H40N4O6/c1-4-8-25-20(30)17-18-22(32)28(16(5-2)15-29)19(24(18)7-6-23(17,3)34-24)21(31)26-9-10-27-11-13-33-14-12-27/h16-19,29H,4-15H2,1-3H3,(H,25,30)(H,26,31)/t16-,17+,18-,19?,23-,24?/m0/s1. The van der Waals surface area contributed by atoms with E-state index in [0.29, 0.717) is 52.1 Å². The van der Waals surface area contributed by atoms with Crippen LogP contribution in [0.3, 0.4) is 0 Å². The van der Waals surface area contributed by atoms with E-state index in [0.717, 1.165) is 19.5 Å². The van der Waals surface area contributed by atoms with Crippen LogP contribution < -0.4 is 10.6 Å². The summed E-state index contributed by atoms with van der Waals surface area (Å²) in [6, 6.07) is -1.37. The first kappa shape index (κ1) is 25.3. The summed E-state index contributed by atoms with van der Waals surface area (Å²) in [4.78, 5) is 44.5. The molecular weight excluding hydrogens is 440 g/mol. The molecule has 10 nitrogen and oxygen atoms in total. The van der Waals surface area contributed by atoms with E-state index in [1.807, 2.05) is 20.8 Å². The predicted octanol–water partition coefficient (Wildman–Crippen LogP) is -0.503. The summed E-state index contributed by atoms with van der Waals surface area (Å²) in [5.41, 5.74) is -1.83. The zero-order valence-corrected chi connectivity index (χ0v) is 20.7. The summed E-state index contributed by atoms with van der Waals surface area (Å²) in [5, 5.41) is 16.0. The maximum atomic E-state index is 13.9. The van der Waals surface area contributed by atoms with Crippen molar-refractivity contribution in [3.05, 3.63) is 0 Å². The first-order valence-corrected chi connectivity index (χ1v) is 12.8. The lowest BCUT2D eigenvalue weighted by molar-refractivity contribution is -0.149. The second-order valence-corrected chi connectivity index (χ2v) is 10.3. The highest BCUT2D eigenvalue weighted by atomic mass is 16.5. The van der Waals surface area contributed by atoms with Gasteiger partial charge in [0.25, 0.3) is 0 Å². The van der Waals surface area contributed by atoms with Gasteiger partial charge in [-0.25, -0.2) is 0 Å². The minimum absolute atomic E-state index is 0.186. The van der Waals surface area contributed by atoms with Crippen LogP contribution in [0.2, 0.25) is 0 Å². The predicted molar refractivity (Wildman–Crippen MR) is 124 cm³/mol. The molecule has 3 N–H and O–H groups in total. The number of morpholine rings is 1. The summed E-state index contributed by atoms with van der Waals surface area (Å²) >= 11 is 0. The molecule has 0 aromatic rings. The fourth-order valence-electron chi connectivity index (χ4n) is 6.49. The average Bonchev–Trinajstić information content (AvgIpc) is 3.40. The smallest absolute Gasteiger partial charge is 0.245 e. The zero-order valence-electron chi connectivity index (χ0n) is 20.7. The molecule has 2 bridgehead atoms. The number of fused-ring (bicyclic) bond motifs is 1. The Hall–Kier alpha value is -1.75. The van der Waals surface area contributed by atoms with Crippen molar-refractivity contribution in [2.24, 2.45) is 11.8 Å². The van der Waals surface area contributed by atoms with Gasteiger partial charge < -0.3 is 30.1 Å². The Labute approximate surface area is 201 Å². The third-order valence-corrected chi connectivity index (χ3v) is 8.20. The van der Waals surface area contributed by atoms with Crippen LogP contribution in [-0.2, 0) is 23.9 Å². The van der Waals surface area contributed by atoms with Crippen LogP contribution in [0.5, 0.6) is 0 Å². The van der Waals surface area contributed by atoms with Gasteiger partial charge in [0.05, 0.1) is 43.3 Å². The molecule has 4 aliphatic heterocycles. The number of ether oxygens (including phenoxy) is 2. The molecule has 4 saturated heterocycles. The van der Waals surface area contributed by atoms with Crippen LogP contribution in [0.25, 0.3) is 0 Å². The molecule has 0 radical (unpaired) electrons. The molecule has 6 atom stereocenters. The van der Waals surface area contributed by atoms with Crippen LogP contribution in [-0.4, -0.2) is 108 Å². The van der Waals surface area contributed by atoms with Gasteiger partial charge >= 0.3 is 0 Å². The molecule has 4 heterocycles. The van der Waals surface area contributed by atoms with Gasteiger partial charge in [-0.3, -0.25) is 19.3 Å². The Balaban J connectivity index is 1.59. The Bertz CT molecular complexity index is 785. The molecule has 0 aliphatic carbocycles. The molecule has 10 heteroatoms. The third-order valence-electron chi connectivity index (χ3n) is 8.20. The maximum Gasteiger partial charge on any atom is 0.245 e. The van der Waals surface area contributed by atoms with Gasteiger partial charge in [0.15, 0.2) is 0 Å². The lowest BCUT2D eigenvalue weighted by atomic mass is 9.66. The maximum absolute atomic E-state index is 13.9. The Morgan fingerprint density at radius 3 is 2.50 bits per heavy atom. The molecule has 4 aliphatic rings. The van der Waals surface area contributed by atoms with Crippen molar-refractivity contribution in [3.8, 4) is 0 Å². The van der Waals surface area contributed by atoms with Crippen molar-refractivity contribution in [3.63, 3.8) is 0 Å². The summed E-state index contributed by atoms with van der Waals surface area (Å²) in [6.45, 7) is 10.2. The molecule has 4 rings (SSSR count). The number of aliphatic hydroxyl groups excluding tert-OH is 1. The van der Waals surface area contributed by atoms with Crippen molar-refractivity contribution in [2.75, 3.05) is 52.5 Å². The number of rotatable bonds is 10. The number of likely N-dealkylation sites (tertiary alicyclic amines) is 1. The molecule has 1 spiro atoms. The number of carbonyl (C=O) groups excluding carboxylic acids is 3. The Kier molecular flexibility index (Phi) is 7.52. The van der Waals surface area contributed by atoms with E-state index in [2.05, 4.69) is 15.5 Å². The Morgan fingerprint density at radius 1 is 1.15 bits per heavy atom. The number of amides is 3. The highest BCUT2D eigenvalue weighted by molar-refractivity contribution is 5.99. The number of nitrogens with zero attached hydrogens (tertiary/aromatic N) is 2. The number of hydrogen-bond donors (Lipinski definition) is 3. The number of aliphatic hydroxyl groups is 1. The molecule has 0 aromatic heterocycles. The molecule has 0 saturated carbocycles. The van der Waals surface area contributed by atoms with Crippen molar-refractivity contribution in [1.29, 1.82) is 0 Å². The van der Waals surface area contributed by atoms with Gasteiger partial charge in [0.1, 0.15) is 11.6 Å². The molecule has 0 aromatic carbocycles. The van der Waals surface area contributed by atoms with E-state index in [1.54, 1.807) is 0 Å². The fraction of sp³-hybridized carbons (Fsp3) is 0.875. The van der Waals surface area contributed by atoms with Gasteiger partial charge in [-0.1, -0.05) is 13.8 Å². The van der Waals surface area contributed by atoms with E-state index < -0.39 is 35.1 Å². The van der Waals surface area contributed by atoms with E-state index in [9.17, 15) is 19.5 Å². The highest BCUT2D eigenvalue weighted by Gasteiger charge is 2.78. The lowest BCUT2D eigenvalue weighted by Gasteiger charge is -2.37. The fourth-order valence-corrected chi connectivity index (χ4v) is 6.49. The Morgan fingerprint density at radius 2 is 1.85 bits per heavy atom. The van der Waals surface area contributed by atoms with E-state index in [-0.39, 0.29) is 24.3 Å². The van der Waals surface area contributed by atoms with Crippen LogP contribution in [0.4, 0.5) is 0 Å². The first-order chi connectivity index (χ1) is 16.3. The lowest BCUT2D eigenvalue weighted by Crippen LogP contribution is -2.58. The first-order valence-electron chi connectivity index (χ1n) is 12.8. The van der Waals surface area contributed by atoms with Crippen molar-refractivity contribution < 1.29 is 29.0 Å². The van der Waals surface area contributed by atoms with Crippen LogP contribution in [0, 0.1) is 11.8 Å². The summed E-state index contributed by atoms with van der Waals surface area (Å²) in [6.07, 6.45) is 2.45. The molecule has 34 heavy (non-hydrogen) atoms. The van der Waals surface area contributed by atoms with E-state index in [4.69, 9.17) is 9.47 Å². The van der Waals surface area contributed by atoms with Crippen molar-refractivity contribution >= 4 is 17.7 Å². The topological polar surface area (TPSA) is 120 Å². The molecule has 192 valence electrons. The summed E-state index contributed by atoms with van der Waals surface area (Å²) in [5.74, 6) is -2.08. The van der Waals surface area contributed by atoms with Crippen molar-refractivity contribution in [2.45, 2.75) is 69.7 Å². The quantitative estimate of drug-likeness (QED) is 0.385. The average molecular weight is 481 g/mol. The largest absolute Gasteiger partial charge is 0.394 e. The molecule has 3 amide bonds. The molecule has 4 fully saturated rings. The van der Waals surface area contributed by atoms with Gasteiger partial charge in [-0.2, -0.15) is 0 Å². The van der Waals surface area contributed by atoms with Gasteiger partial charge in [-0.15, -0.1) is 0 Å². The minimum Gasteiger partial charge on any atom is -0.394 e. The zero-order chi connectivity index (χ0) is 24.5. The van der Waals surface area contributed by atoms with Crippen LogP contribution >= 0.6 is 0 Å². The number of nitrogens with one attached hydrogen (secondary N) is 2. The van der Waals surface area contributed by atoms with E-state index in [1.165, 1.54) is 4.90 Å².